The first-order chi connectivity index (χ1) is 13.9. The van der Waals surface area contributed by atoms with Crippen molar-refractivity contribution in [1.82, 2.24) is 18.3 Å². The van der Waals surface area contributed by atoms with Gasteiger partial charge in [-0.1, -0.05) is 26.7 Å². The zero-order valence-electron chi connectivity index (χ0n) is 17.9. The van der Waals surface area contributed by atoms with Gasteiger partial charge in [0.05, 0.1) is 0 Å². The van der Waals surface area contributed by atoms with Crippen LogP contribution in [-0.2, 0) is 39.0 Å². The standard InChI is InChI=1S/C21H32N4O4/c1-5-10-16-14-22(20(28)24(7-3)18(16)26)12-9-13-23-15-17(11-6-2)19(27)25(8-4)21(23)29/h14-15H,5-13H2,1-4H3. The predicted molar refractivity (Wildman–Crippen MR) is 114 cm³/mol. The molecule has 0 N–H and O–H groups in total. The van der Waals surface area contributed by atoms with E-state index in [-0.39, 0.29) is 22.5 Å². The number of rotatable bonds is 10. The van der Waals surface area contributed by atoms with Gasteiger partial charge in [-0.2, -0.15) is 0 Å². The third-order valence-electron chi connectivity index (χ3n) is 5.09. The molecule has 0 aromatic carbocycles. The van der Waals surface area contributed by atoms with Gasteiger partial charge in [-0.3, -0.25) is 18.7 Å². The molecule has 2 rings (SSSR count). The Labute approximate surface area is 170 Å². The monoisotopic (exact) mass is 404 g/mol. The second-order valence-corrected chi connectivity index (χ2v) is 7.21. The second-order valence-electron chi connectivity index (χ2n) is 7.21. The van der Waals surface area contributed by atoms with E-state index < -0.39 is 0 Å². The van der Waals surface area contributed by atoms with Crippen molar-refractivity contribution in [1.29, 1.82) is 0 Å². The van der Waals surface area contributed by atoms with Gasteiger partial charge in [-0.05, 0) is 33.1 Å². The minimum Gasteiger partial charge on any atom is -0.300 e. The van der Waals surface area contributed by atoms with Crippen molar-refractivity contribution in [2.45, 2.75) is 86.0 Å². The van der Waals surface area contributed by atoms with Crippen LogP contribution in [0.4, 0.5) is 0 Å². The molecule has 0 saturated carbocycles. The fraction of sp³-hybridized carbons (Fsp3) is 0.619. The average molecular weight is 405 g/mol. The second kappa shape index (κ2) is 10.2. The Morgan fingerprint density at radius 2 is 1.03 bits per heavy atom. The summed E-state index contributed by atoms with van der Waals surface area (Å²) in [7, 11) is 0. The van der Waals surface area contributed by atoms with E-state index in [0.29, 0.717) is 56.6 Å². The van der Waals surface area contributed by atoms with Crippen LogP contribution in [0.5, 0.6) is 0 Å². The maximum Gasteiger partial charge on any atom is 0.330 e. The van der Waals surface area contributed by atoms with Crippen molar-refractivity contribution in [2.24, 2.45) is 0 Å². The lowest BCUT2D eigenvalue weighted by Crippen LogP contribution is -2.42. The summed E-state index contributed by atoms with van der Waals surface area (Å²) in [6.45, 7) is 9.01. The Hall–Kier alpha value is -2.64. The first-order valence-electron chi connectivity index (χ1n) is 10.6. The predicted octanol–water partition coefficient (Wildman–Crippen LogP) is 1.37. The van der Waals surface area contributed by atoms with Crippen LogP contribution >= 0.6 is 0 Å². The van der Waals surface area contributed by atoms with E-state index in [9.17, 15) is 19.2 Å². The lowest BCUT2D eigenvalue weighted by Gasteiger charge is -2.14. The van der Waals surface area contributed by atoms with Gasteiger partial charge in [0.15, 0.2) is 0 Å². The highest BCUT2D eigenvalue weighted by Crippen LogP contribution is 2.00. The average Bonchev–Trinajstić information content (AvgIpc) is 2.69. The molecule has 0 spiro atoms. The largest absolute Gasteiger partial charge is 0.330 e. The number of hydrogen-bond acceptors (Lipinski definition) is 4. The molecule has 0 atom stereocenters. The van der Waals surface area contributed by atoms with Crippen LogP contribution in [0.2, 0.25) is 0 Å². The molecule has 2 aromatic heterocycles. The molecule has 2 heterocycles. The highest BCUT2D eigenvalue weighted by molar-refractivity contribution is 5.07. The number of aryl methyl sites for hydroxylation is 4. The zero-order valence-corrected chi connectivity index (χ0v) is 17.9. The fourth-order valence-corrected chi connectivity index (χ4v) is 3.60. The minimum atomic E-state index is -0.324. The zero-order chi connectivity index (χ0) is 21.6. The SMILES string of the molecule is CCCc1cn(CCCn2cc(CCC)c(=O)n(CC)c2=O)c(=O)n(CC)c1=O. The van der Waals surface area contributed by atoms with E-state index >= 15 is 0 Å². The van der Waals surface area contributed by atoms with Crippen LogP contribution in [0.3, 0.4) is 0 Å². The van der Waals surface area contributed by atoms with Crippen LogP contribution in [0.25, 0.3) is 0 Å². The molecular weight excluding hydrogens is 372 g/mol. The molecule has 0 saturated heterocycles. The van der Waals surface area contributed by atoms with Crippen molar-refractivity contribution in [3.05, 3.63) is 65.2 Å². The number of hydrogen-bond donors (Lipinski definition) is 0. The van der Waals surface area contributed by atoms with Gasteiger partial charge in [0.1, 0.15) is 0 Å². The fourth-order valence-electron chi connectivity index (χ4n) is 3.60. The van der Waals surface area contributed by atoms with Gasteiger partial charge in [0.2, 0.25) is 0 Å². The maximum absolute atomic E-state index is 12.6. The van der Waals surface area contributed by atoms with E-state index in [4.69, 9.17) is 0 Å². The Morgan fingerprint density at radius 1 is 0.655 bits per heavy atom. The molecule has 0 bridgehead atoms. The van der Waals surface area contributed by atoms with E-state index in [1.807, 2.05) is 13.8 Å². The van der Waals surface area contributed by atoms with Gasteiger partial charge >= 0.3 is 11.4 Å². The minimum absolute atomic E-state index is 0.217. The summed E-state index contributed by atoms with van der Waals surface area (Å²) in [5.74, 6) is 0. The Bertz CT molecular complexity index is 987. The lowest BCUT2D eigenvalue weighted by atomic mass is 10.2. The molecule has 0 radical (unpaired) electrons. The smallest absolute Gasteiger partial charge is 0.300 e. The summed E-state index contributed by atoms with van der Waals surface area (Å²) in [5, 5.41) is 0. The molecule has 0 aliphatic rings. The van der Waals surface area contributed by atoms with E-state index in [2.05, 4.69) is 0 Å². The highest BCUT2D eigenvalue weighted by atomic mass is 16.2. The van der Waals surface area contributed by atoms with Crippen molar-refractivity contribution in [2.75, 3.05) is 0 Å². The molecule has 2 aromatic rings. The quantitative estimate of drug-likeness (QED) is 0.598. The maximum atomic E-state index is 12.6. The summed E-state index contributed by atoms with van der Waals surface area (Å²) in [4.78, 5) is 49.9. The van der Waals surface area contributed by atoms with Crippen LogP contribution in [-0.4, -0.2) is 18.3 Å². The van der Waals surface area contributed by atoms with Gasteiger partial charge in [0, 0.05) is 49.7 Å². The summed E-state index contributed by atoms with van der Waals surface area (Å²) < 4.78 is 5.63. The summed E-state index contributed by atoms with van der Waals surface area (Å²) in [6, 6.07) is 0. The van der Waals surface area contributed by atoms with Crippen LogP contribution in [0, 0.1) is 0 Å². The van der Waals surface area contributed by atoms with E-state index in [1.54, 1.807) is 35.4 Å². The summed E-state index contributed by atoms with van der Waals surface area (Å²) in [5.41, 5.74) is 0.189. The van der Waals surface area contributed by atoms with Crippen LogP contribution in [0.1, 0.15) is 58.1 Å². The molecule has 0 fully saturated rings. The lowest BCUT2D eigenvalue weighted by molar-refractivity contribution is 0.485. The van der Waals surface area contributed by atoms with Gasteiger partial charge in [0.25, 0.3) is 11.1 Å². The summed E-state index contributed by atoms with van der Waals surface area (Å²) in [6.07, 6.45) is 6.75. The molecule has 0 aliphatic carbocycles. The van der Waals surface area contributed by atoms with E-state index in [0.717, 1.165) is 12.8 Å². The Balaban J connectivity index is 2.31. The molecule has 0 amide bonds. The molecular formula is C21H32N4O4. The van der Waals surface area contributed by atoms with Crippen molar-refractivity contribution in [3.63, 3.8) is 0 Å². The number of nitrogens with zero attached hydrogens (tertiary/aromatic N) is 4. The van der Waals surface area contributed by atoms with Gasteiger partial charge in [-0.15, -0.1) is 0 Å². The molecule has 29 heavy (non-hydrogen) atoms. The van der Waals surface area contributed by atoms with Crippen molar-refractivity contribution >= 4 is 0 Å². The van der Waals surface area contributed by atoms with Crippen molar-refractivity contribution in [3.8, 4) is 0 Å². The van der Waals surface area contributed by atoms with Crippen molar-refractivity contribution < 1.29 is 0 Å². The molecule has 160 valence electrons. The van der Waals surface area contributed by atoms with Crippen LogP contribution in [0.15, 0.2) is 31.6 Å². The molecule has 8 heteroatoms. The van der Waals surface area contributed by atoms with Gasteiger partial charge in [-0.25, -0.2) is 9.59 Å². The Kier molecular flexibility index (Phi) is 7.99. The van der Waals surface area contributed by atoms with E-state index in [1.165, 1.54) is 9.13 Å². The molecule has 0 unspecified atom stereocenters. The topological polar surface area (TPSA) is 88.0 Å². The summed E-state index contributed by atoms with van der Waals surface area (Å²) >= 11 is 0. The first-order valence-corrected chi connectivity index (χ1v) is 10.6. The third kappa shape index (κ3) is 4.86. The number of aromatic nitrogens is 4. The Morgan fingerprint density at radius 3 is 1.34 bits per heavy atom. The molecule has 8 nitrogen and oxygen atoms in total. The van der Waals surface area contributed by atoms with Crippen LogP contribution < -0.4 is 22.5 Å². The highest BCUT2D eigenvalue weighted by Gasteiger charge is 2.12. The van der Waals surface area contributed by atoms with Gasteiger partial charge < -0.3 is 9.13 Å². The normalized spacial score (nSPS) is 11.2. The molecule has 0 aliphatic heterocycles. The third-order valence-corrected chi connectivity index (χ3v) is 5.09. The first kappa shape index (κ1) is 22.6.